The Balaban J connectivity index is 1.44. The lowest BCUT2D eigenvalue weighted by Crippen LogP contribution is -2.44. The Morgan fingerprint density at radius 2 is 1.73 bits per heavy atom. The van der Waals surface area contributed by atoms with Crippen LogP contribution in [-0.2, 0) is 7.05 Å². The molecule has 0 unspecified atom stereocenters. The number of fused-ring (bicyclic) bond motifs is 1. The molecule has 30 heavy (non-hydrogen) atoms. The van der Waals surface area contributed by atoms with Crippen molar-refractivity contribution in [3.8, 4) is 0 Å². The molecule has 3 heterocycles. The maximum atomic E-state index is 12.9. The number of aryl methyl sites for hydroxylation is 1. The van der Waals surface area contributed by atoms with Crippen LogP contribution in [-0.4, -0.2) is 57.3 Å². The maximum absolute atomic E-state index is 12.9. The van der Waals surface area contributed by atoms with E-state index < -0.39 is 0 Å². The Kier molecular flexibility index (Phi) is 6.87. The number of nitrogens with zero attached hydrogens (tertiary/aromatic N) is 4. The van der Waals surface area contributed by atoms with Gasteiger partial charge in [-0.1, -0.05) is 39.0 Å². The van der Waals surface area contributed by atoms with Crippen LogP contribution in [0, 0.1) is 0 Å². The summed E-state index contributed by atoms with van der Waals surface area (Å²) in [6.45, 7) is 5.35. The van der Waals surface area contributed by atoms with E-state index >= 15 is 0 Å². The van der Waals surface area contributed by atoms with Crippen LogP contribution in [0.15, 0.2) is 12.1 Å². The molecule has 2 aromatic heterocycles. The second-order valence-electron chi connectivity index (χ2n) is 8.91. The molecular weight excluding hydrogens is 376 g/mol. The van der Waals surface area contributed by atoms with Crippen molar-refractivity contribution in [2.75, 3.05) is 25.0 Å². The predicted molar refractivity (Wildman–Crippen MR) is 121 cm³/mol. The number of carbonyl (C=O) groups excluding carboxylic acids is 1. The van der Waals surface area contributed by atoms with E-state index in [1.807, 2.05) is 19.2 Å². The van der Waals surface area contributed by atoms with Gasteiger partial charge in [-0.05, 0) is 44.4 Å². The van der Waals surface area contributed by atoms with Crippen molar-refractivity contribution < 1.29 is 4.79 Å². The van der Waals surface area contributed by atoms with Crippen LogP contribution >= 0.6 is 0 Å². The van der Waals surface area contributed by atoms with Crippen LogP contribution in [0.3, 0.4) is 0 Å². The Bertz CT molecular complexity index is 847. The van der Waals surface area contributed by atoms with Gasteiger partial charge in [-0.2, -0.15) is 5.10 Å². The van der Waals surface area contributed by atoms with Gasteiger partial charge in [0.2, 0.25) is 0 Å². The molecule has 1 aliphatic heterocycles. The van der Waals surface area contributed by atoms with Gasteiger partial charge in [0.05, 0.1) is 5.39 Å². The molecule has 1 saturated carbocycles. The van der Waals surface area contributed by atoms with Gasteiger partial charge in [0.25, 0.3) is 5.91 Å². The topological polar surface area (TPSA) is 75.1 Å². The summed E-state index contributed by atoms with van der Waals surface area (Å²) in [5.41, 5.74) is 1.24. The minimum Gasteiger partial charge on any atom is -0.367 e. The Morgan fingerprint density at radius 3 is 2.43 bits per heavy atom. The molecule has 1 aliphatic carbocycles. The summed E-state index contributed by atoms with van der Waals surface area (Å²) >= 11 is 0. The van der Waals surface area contributed by atoms with Gasteiger partial charge in [0.1, 0.15) is 5.82 Å². The number of anilines is 1. The first kappa shape index (κ1) is 21.1. The van der Waals surface area contributed by atoms with E-state index in [4.69, 9.17) is 4.98 Å². The Hall–Kier alpha value is -2.15. The number of hydrogen-bond donors (Lipinski definition) is 2. The van der Waals surface area contributed by atoms with Crippen LogP contribution in [0.1, 0.15) is 75.2 Å². The van der Waals surface area contributed by atoms with E-state index in [1.54, 1.807) is 4.68 Å². The summed E-state index contributed by atoms with van der Waals surface area (Å²) in [6, 6.07) is 4.71. The molecule has 1 amide bonds. The highest BCUT2D eigenvalue weighted by molar-refractivity contribution is 6.04. The zero-order valence-corrected chi connectivity index (χ0v) is 18.5. The van der Waals surface area contributed by atoms with E-state index in [0.717, 1.165) is 49.3 Å². The molecule has 0 spiro atoms. The van der Waals surface area contributed by atoms with Crippen molar-refractivity contribution in [3.63, 3.8) is 0 Å². The lowest BCUT2D eigenvalue weighted by Gasteiger charge is -2.31. The zero-order valence-electron chi connectivity index (χ0n) is 18.5. The first-order valence-electron chi connectivity index (χ1n) is 11.8. The van der Waals surface area contributed by atoms with Crippen molar-refractivity contribution in [3.05, 3.63) is 17.8 Å². The quantitative estimate of drug-likeness (QED) is 0.783. The van der Waals surface area contributed by atoms with Gasteiger partial charge in [-0.3, -0.25) is 4.79 Å². The number of hydrogen-bond acceptors (Lipinski definition) is 5. The SMILES string of the molecule is CCN1CCC(NC(=O)c2nn(C)c3nc(NC4CCCCCCC4)ccc23)CC1. The van der Waals surface area contributed by atoms with Gasteiger partial charge in [-0.15, -0.1) is 0 Å². The molecule has 2 fully saturated rings. The molecule has 0 radical (unpaired) electrons. The third-order valence-electron chi connectivity index (χ3n) is 6.73. The van der Waals surface area contributed by atoms with Gasteiger partial charge in [-0.25, -0.2) is 9.67 Å². The lowest BCUT2D eigenvalue weighted by molar-refractivity contribution is 0.0908. The minimum atomic E-state index is -0.0851. The van der Waals surface area contributed by atoms with E-state index in [1.165, 1.54) is 44.9 Å². The molecule has 4 rings (SSSR count). The van der Waals surface area contributed by atoms with Crippen LogP contribution in [0.2, 0.25) is 0 Å². The molecular formula is C23H36N6O. The minimum absolute atomic E-state index is 0.0851. The van der Waals surface area contributed by atoms with Gasteiger partial charge < -0.3 is 15.5 Å². The number of nitrogens with one attached hydrogen (secondary N) is 2. The predicted octanol–water partition coefficient (Wildman–Crippen LogP) is 3.71. The molecule has 7 nitrogen and oxygen atoms in total. The first-order chi connectivity index (χ1) is 14.6. The second-order valence-corrected chi connectivity index (χ2v) is 8.91. The second kappa shape index (κ2) is 9.77. The van der Waals surface area contributed by atoms with Crippen LogP contribution in [0.25, 0.3) is 11.0 Å². The molecule has 164 valence electrons. The molecule has 2 aliphatic rings. The van der Waals surface area contributed by atoms with Crippen molar-refractivity contribution in [2.45, 2.75) is 76.8 Å². The zero-order chi connectivity index (χ0) is 20.9. The fourth-order valence-electron chi connectivity index (χ4n) is 4.84. The monoisotopic (exact) mass is 412 g/mol. The number of pyridine rings is 1. The molecule has 7 heteroatoms. The van der Waals surface area contributed by atoms with E-state index in [9.17, 15) is 4.79 Å². The van der Waals surface area contributed by atoms with Crippen molar-refractivity contribution in [1.82, 2.24) is 25.0 Å². The summed E-state index contributed by atoms with van der Waals surface area (Å²) < 4.78 is 1.73. The fraction of sp³-hybridized carbons (Fsp3) is 0.696. The van der Waals surface area contributed by atoms with Crippen molar-refractivity contribution >= 4 is 22.8 Å². The number of amides is 1. The van der Waals surface area contributed by atoms with Crippen LogP contribution in [0.4, 0.5) is 5.82 Å². The summed E-state index contributed by atoms with van der Waals surface area (Å²) in [6.07, 6.45) is 11.0. The first-order valence-corrected chi connectivity index (χ1v) is 11.8. The van der Waals surface area contributed by atoms with Crippen molar-refractivity contribution in [1.29, 1.82) is 0 Å². The van der Waals surface area contributed by atoms with Gasteiger partial charge in [0, 0.05) is 32.2 Å². The molecule has 2 aromatic rings. The third-order valence-corrected chi connectivity index (χ3v) is 6.73. The highest BCUT2D eigenvalue weighted by Crippen LogP contribution is 2.23. The standard InChI is InChI=1S/C23H36N6O/c1-3-29-15-13-18(14-16-29)25-23(30)21-19-11-12-20(26-22(19)28(2)27-21)24-17-9-7-5-4-6-8-10-17/h11-12,17-18H,3-10,13-16H2,1-2H3,(H,24,26)(H,25,30). The summed E-state index contributed by atoms with van der Waals surface area (Å²) in [4.78, 5) is 20.1. The maximum Gasteiger partial charge on any atom is 0.272 e. The fourth-order valence-corrected chi connectivity index (χ4v) is 4.84. The lowest BCUT2D eigenvalue weighted by atomic mass is 9.97. The molecule has 0 aromatic carbocycles. The van der Waals surface area contributed by atoms with Gasteiger partial charge in [0.15, 0.2) is 11.3 Å². The highest BCUT2D eigenvalue weighted by Gasteiger charge is 2.23. The third kappa shape index (κ3) is 4.94. The summed E-state index contributed by atoms with van der Waals surface area (Å²) in [5, 5.41) is 12.1. The molecule has 2 N–H and O–H groups in total. The number of carbonyl (C=O) groups is 1. The Morgan fingerprint density at radius 1 is 1.03 bits per heavy atom. The van der Waals surface area contributed by atoms with Gasteiger partial charge >= 0.3 is 0 Å². The molecule has 1 saturated heterocycles. The number of likely N-dealkylation sites (tertiary alicyclic amines) is 1. The van der Waals surface area contributed by atoms with Crippen LogP contribution < -0.4 is 10.6 Å². The average Bonchev–Trinajstić information content (AvgIpc) is 3.07. The highest BCUT2D eigenvalue weighted by atomic mass is 16.2. The largest absolute Gasteiger partial charge is 0.367 e. The smallest absolute Gasteiger partial charge is 0.272 e. The number of piperidine rings is 1. The summed E-state index contributed by atoms with van der Waals surface area (Å²) in [7, 11) is 1.87. The average molecular weight is 413 g/mol. The number of rotatable bonds is 5. The van der Waals surface area contributed by atoms with Crippen LogP contribution in [0.5, 0.6) is 0 Å². The summed E-state index contributed by atoms with van der Waals surface area (Å²) in [5.74, 6) is 0.799. The normalized spacial score (nSPS) is 20.1. The van der Waals surface area contributed by atoms with E-state index in [-0.39, 0.29) is 11.9 Å². The van der Waals surface area contributed by atoms with E-state index in [2.05, 4.69) is 27.6 Å². The molecule has 0 bridgehead atoms. The van der Waals surface area contributed by atoms with Crippen molar-refractivity contribution in [2.24, 2.45) is 7.05 Å². The number of aromatic nitrogens is 3. The Labute approximate surface area is 179 Å². The van der Waals surface area contributed by atoms with E-state index in [0.29, 0.717) is 11.7 Å². The molecule has 0 atom stereocenters.